The Balaban J connectivity index is 1.58. The summed E-state index contributed by atoms with van der Waals surface area (Å²) in [5.41, 5.74) is 3.21. The predicted octanol–water partition coefficient (Wildman–Crippen LogP) is 3.53. The van der Waals surface area contributed by atoms with E-state index in [2.05, 4.69) is 25.5 Å². The summed E-state index contributed by atoms with van der Waals surface area (Å²) in [5.74, 6) is 0.187. The zero-order valence-electron chi connectivity index (χ0n) is 19.0. The highest BCUT2D eigenvalue weighted by atomic mass is 32.2. The van der Waals surface area contributed by atoms with Crippen LogP contribution in [0.15, 0.2) is 41.2 Å². The Kier molecular flexibility index (Phi) is 5.43. The summed E-state index contributed by atoms with van der Waals surface area (Å²) in [6.07, 6.45) is 3.78. The van der Waals surface area contributed by atoms with Crippen molar-refractivity contribution in [3.8, 4) is 11.3 Å². The molecule has 10 nitrogen and oxygen atoms in total. The lowest BCUT2D eigenvalue weighted by molar-refractivity contribution is 0.102. The summed E-state index contributed by atoms with van der Waals surface area (Å²) < 4.78 is 31.1. The van der Waals surface area contributed by atoms with Gasteiger partial charge in [0.05, 0.1) is 45.6 Å². The number of hydrogen-bond donors (Lipinski definition) is 1. The lowest BCUT2D eigenvalue weighted by Crippen LogP contribution is -2.20. The van der Waals surface area contributed by atoms with Gasteiger partial charge in [0.15, 0.2) is 9.84 Å². The van der Waals surface area contributed by atoms with Crippen LogP contribution >= 0.6 is 0 Å². The number of aromatic nitrogens is 5. The first-order chi connectivity index (χ1) is 16.2. The van der Waals surface area contributed by atoms with E-state index in [0.717, 1.165) is 5.56 Å². The molecule has 1 unspecified atom stereocenters. The van der Waals surface area contributed by atoms with Crippen LogP contribution in [-0.2, 0) is 9.84 Å². The summed E-state index contributed by atoms with van der Waals surface area (Å²) >= 11 is 0. The second-order valence-electron chi connectivity index (χ2n) is 8.83. The van der Waals surface area contributed by atoms with E-state index in [-0.39, 0.29) is 35.1 Å². The van der Waals surface area contributed by atoms with Gasteiger partial charge >= 0.3 is 0 Å². The van der Waals surface area contributed by atoms with Gasteiger partial charge in [-0.15, -0.1) is 0 Å². The van der Waals surface area contributed by atoms with Crippen molar-refractivity contribution < 1.29 is 17.7 Å². The van der Waals surface area contributed by atoms with Gasteiger partial charge in [-0.25, -0.2) is 18.1 Å². The molecule has 4 aromatic rings. The van der Waals surface area contributed by atoms with Crippen molar-refractivity contribution in [2.75, 3.05) is 16.8 Å². The highest BCUT2D eigenvalue weighted by Gasteiger charge is 2.32. The fourth-order valence-electron chi connectivity index (χ4n) is 4.25. The summed E-state index contributed by atoms with van der Waals surface area (Å²) in [4.78, 5) is 22.3. The van der Waals surface area contributed by atoms with E-state index in [0.29, 0.717) is 40.3 Å². The zero-order valence-corrected chi connectivity index (χ0v) is 19.8. The van der Waals surface area contributed by atoms with Crippen LogP contribution in [0.25, 0.3) is 22.4 Å². The monoisotopic (exact) mass is 480 g/mol. The zero-order chi connectivity index (χ0) is 24.0. The molecule has 0 aliphatic carbocycles. The summed E-state index contributed by atoms with van der Waals surface area (Å²) in [6, 6.07) is 6.75. The number of pyridine rings is 2. The van der Waals surface area contributed by atoms with Gasteiger partial charge in [0.2, 0.25) is 0 Å². The van der Waals surface area contributed by atoms with Crippen molar-refractivity contribution >= 4 is 32.7 Å². The standard InChI is InChI=1S/C23H24N6O4S/c1-13(2)21-20-17(10-18(25-23(20)33-28-21)15-5-4-7-24-11-15)22(30)26-19-9-14(3)27-29(19)16-6-8-34(31,32)12-16/h4-5,7,9-11,13,16H,6,8,12H2,1-3H3,(H,26,30). The highest BCUT2D eigenvalue weighted by Crippen LogP contribution is 2.32. The summed E-state index contributed by atoms with van der Waals surface area (Å²) in [6.45, 7) is 5.73. The highest BCUT2D eigenvalue weighted by molar-refractivity contribution is 7.91. The summed E-state index contributed by atoms with van der Waals surface area (Å²) in [5, 5.41) is 12.1. The fourth-order valence-corrected chi connectivity index (χ4v) is 5.94. The minimum Gasteiger partial charge on any atom is -0.335 e. The smallest absolute Gasteiger partial charge is 0.259 e. The van der Waals surface area contributed by atoms with Crippen molar-refractivity contribution in [3.05, 3.63) is 53.6 Å². The van der Waals surface area contributed by atoms with Crippen LogP contribution in [-0.4, -0.2) is 50.7 Å². The first-order valence-corrected chi connectivity index (χ1v) is 12.8. The van der Waals surface area contributed by atoms with Crippen LogP contribution in [0.2, 0.25) is 0 Å². The Morgan fingerprint density at radius 2 is 2.12 bits per heavy atom. The first kappa shape index (κ1) is 22.2. The molecule has 0 saturated carbocycles. The number of nitrogens with zero attached hydrogens (tertiary/aromatic N) is 5. The molecule has 1 fully saturated rings. The van der Waals surface area contributed by atoms with E-state index >= 15 is 0 Å². The van der Waals surface area contributed by atoms with Crippen molar-refractivity contribution in [2.24, 2.45) is 0 Å². The minimum atomic E-state index is -3.11. The molecule has 4 aromatic heterocycles. The number of fused-ring (bicyclic) bond motifs is 1. The average Bonchev–Trinajstić information content (AvgIpc) is 3.49. The summed E-state index contributed by atoms with van der Waals surface area (Å²) in [7, 11) is -3.11. The van der Waals surface area contributed by atoms with E-state index in [4.69, 9.17) is 4.52 Å². The number of rotatable bonds is 5. The van der Waals surface area contributed by atoms with Gasteiger partial charge in [-0.05, 0) is 37.5 Å². The second-order valence-corrected chi connectivity index (χ2v) is 11.1. The number of carbonyl (C=O) groups is 1. The van der Waals surface area contributed by atoms with Gasteiger partial charge in [-0.2, -0.15) is 5.10 Å². The average molecular weight is 481 g/mol. The largest absolute Gasteiger partial charge is 0.335 e. The van der Waals surface area contributed by atoms with Gasteiger partial charge in [0.25, 0.3) is 11.6 Å². The molecule has 0 bridgehead atoms. The number of aryl methyl sites for hydroxylation is 1. The third kappa shape index (κ3) is 4.07. The Labute approximate surface area is 196 Å². The normalized spacial score (nSPS) is 17.5. The third-order valence-corrected chi connectivity index (χ3v) is 7.63. The van der Waals surface area contributed by atoms with Gasteiger partial charge in [0, 0.05) is 24.0 Å². The fraction of sp³-hybridized carbons (Fsp3) is 0.348. The first-order valence-electron chi connectivity index (χ1n) is 11.0. The number of amides is 1. The van der Waals surface area contributed by atoms with E-state index in [1.54, 1.807) is 42.2 Å². The molecule has 11 heteroatoms. The lowest BCUT2D eigenvalue weighted by atomic mass is 10.0. The van der Waals surface area contributed by atoms with Gasteiger partial charge < -0.3 is 9.84 Å². The molecule has 1 atom stereocenters. The van der Waals surface area contributed by atoms with Crippen molar-refractivity contribution in [1.29, 1.82) is 0 Å². The van der Waals surface area contributed by atoms with Gasteiger partial charge in [-0.3, -0.25) is 9.78 Å². The van der Waals surface area contributed by atoms with Gasteiger partial charge in [-0.1, -0.05) is 19.0 Å². The Hall–Kier alpha value is -3.60. The SMILES string of the molecule is Cc1cc(NC(=O)c2cc(-c3cccnc3)nc3onc(C(C)C)c23)n(C2CCS(=O)(=O)C2)n1. The molecule has 5 heterocycles. The molecule has 1 aliphatic rings. The quantitative estimate of drug-likeness (QED) is 0.459. The van der Waals surface area contributed by atoms with Gasteiger partial charge in [0.1, 0.15) is 5.82 Å². The molecule has 5 rings (SSSR count). The number of anilines is 1. The molecule has 1 N–H and O–H groups in total. The van der Waals surface area contributed by atoms with E-state index in [1.807, 2.05) is 19.9 Å². The van der Waals surface area contributed by atoms with Crippen LogP contribution in [0, 0.1) is 6.92 Å². The number of sulfone groups is 1. The maximum Gasteiger partial charge on any atom is 0.259 e. The Bertz CT molecular complexity index is 1490. The van der Waals surface area contributed by atoms with Crippen molar-refractivity contribution in [2.45, 2.75) is 39.2 Å². The lowest BCUT2D eigenvalue weighted by Gasteiger charge is -2.14. The molecule has 176 valence electrons. The maximum absolute atomic E-state index is 13.6. The number of hydrogen-bond acceptors (Lipinski definition) is 8. The number of carbonyl (C=O) groups excluding carboxylic acids is 1. The molecule has 0 spiro atoms. The molecular weight excluding hydrogens is 456 g/mol. The molecule has 0 aromatic carbocycles. The minimum absolute atomic E-state index is 0.00476. The molecule has 34 heavy (non-hydrogen) atoms. The van der Waals surface area contributed by atoms with Crippen LogP contribution in [0.4, 0.5) is 5.82 Å². The van der Waals surface area contributed by atoms with Crippen LogP contribution in [0.3, 0.4) is 0 Å². The molecular formula is C23H24N6O4S. The molecule has 0 radical (unpaired) electrons. The topological polar surface area (TPSA) is 133 Å². The van der Waals surface area contributed by atoms with Crippen molar-refractivity contribution in [1.82, 2.24) is 24.9 Å². The third-order valence-electron chi connectivity index (χ3n) is 5.88. The van der Waals surface area contributed by atoms with Crippen molar-refractivity contribution in [3.63, 3.8) is 0 Å². The van der Waals surface area contributed by atoms with E-state index in [1.165, 1.54) is 0 Å². The molecule has 1 amide bonds. The maximum atomic E-state index is 13.6. The van der Waals surface area contributed by atoms with Crippen LogP contribution in [0.1, 0.15) is 54.0 Å². The van der Waals surface area contributed by atoms with E-state index < -0.39 is 9.84 Å². The van der Waals surface area contributed by atoms with Crippen LogP contribution in [0.5, 0.6) is 0 Å². The predicted molar refractivity (Wildman–Crippen MR) is 126 cm³/mol. The van der Waals surface area contributed by atoms with E-state index in [9.17, 15) is 13.2 Å². The second kappa shape index (κ2) is 8.32. The van der Waals surface area contributed by atoms with Crippen LogP contribution < -0.4 is 5.32 Å². The Morgan fingerprint density at radius 1 is 1.29 bits per heavy atom. The molecule has 1 saturated heterocycles. The Morgan fingerprint density at radius 3 is 2.79 bits per heavy atom. The number of nitrogens with one attached hydrogen (secondary N) is 1. The molecule has 1 aliphatic heterocycles.